The van der Waals surface area contributed by atoms with Crippen LogP contribution in [0.3, 0.4) is 0 Å². The largest absolute Gasteiger partial charge is 0.379 e. The number of nitrogens with zero attached hydrogens (tertiary/aromatic N) is 5. The minimum absolute atomic E-state index is 0.501. The van der Waals surface area contributed by atoms with Gasteiger partial charge in [0.05, 0.1) is 19.4 Å². The molecule has 4 rings (SSSR count). The number of rotatable bonds is 7. The molecule has 0 bridgehead atoms. The molecule has 8 heteroatoms. The van der Waals surface area contributed by atoms with Crippen LogP contribution in [-0.4, -0.2) is 72.6 Å². The Labute approximate surface area is 172 Å². The second-order valence-corrected chi connectivity index (χ2v) is 7.89. The molecule has 156 valence electrons. The molecular formula is C21H31N7O. The molecule has 0 aliphatic carbocycles. The van der Waals surface area contributed by atoms with E-state index in [1.807, 2.05) is 0 Å². The highest BCUT2D eigenvalue weighted by atomic mass is 16.5. The van der Waals surface area contributed by atoms with E-state index in [1.165, 1.54) is 18.5 Å². The van der Waals surface area contributed by atoms with E-state index < -0.39 is 0 Å². The molecular weight excluding hydrogens is 366 g/mol. The van der Waals surface area contributed by atoms with E-state index in [2.05, 4.69) is 66.8 Å². The summed E-state index contributed by atoms with van der Waals surface area (Å²) in [5, 5.41) is 14.8. The van der Waals surface area contributed by atoms with Crippen molar-refractivity contribution < 1.29 is 4.74 Å². The van der Waals surface area contributed by atoms with Crippen LogP contribution in [0.25, 0.3) is 0 Å². The molecule has 0 amide bonds. The van der Waals surface area contributed by atoms with Crippen LogP contribution in [0, 0.1) is 5.92 Å². The fourth-order valence-electron chi connectivity index (χ4n) is 3.76. The van der Waals surface area contributed by atoms with Crippen LogP contribution in [0.2, 0.25) is 0 Å². The molecule has 0 unspecified atom stereocenters. The van der Waals surface area contributed by atoms with Crippen molar-refractivity contribution >= 4 is 23.1 Å². The first kappa shape index (κ1) is 19.8. The van der Waals surface area contributed by atoms with Gasteiger partial charge in [-0.1, -0.05) is 6.92 Å². The van der Waals surface area contributed by atoms with E-state index in [-0.39, 0.29) is 0 Å². The highest BCUT2D eigenvalue weighted by Gasteiger charge is 2.16. The molecule has 0 radical (unpaired) electrons. The predicted molar refractivity (Wildman–Crippen MR) is 116 cm³/mol. The minimum atomic E-state index is 0.501. The Morgan fingerprint density at radius 2 is 1.83 bits per heavy atom. The van der Waals surface area contributed by atoms with Gasteiger partial charge in [-0.2, -0.15) is 10.1 Å². The average Bonchev–Trinajstić information content (AvgIpc) is 2.76. The fourth-order valence-corrected chi connectivity index (χ4v) is 3.76. The SMILES string of the molecule is CC1CCN(c2ccc(Nc3nncc(NCCN4CCOCC4)n3)cc2)CC1. The fraction of sp³-hybridized carbons (Fsp3) is 0.571. The van der Waals surface area contributed by atoms with Crippen LogP contribution in [0.5, 0.6) is 0 Å². The molecule has 0 spiro atoms. The summed E-state index contributed by atoms with van der Waals surface area (Å²) in [6.45, 7) is 10.0. The lowest BCUT2D eigenvalue weighted by Crippen LogP contribution is -2.39. The molecule has 1 aromatic heterocycles. The second-order valence-electron chi connectivity index (χ2n) is 7.89. The Kier molecular flexibility index (Phi) is 6.74. The van der Waals surface area contributed by atoms with Gasteiger partial charge in [0.25, 0.3) is 0 Å². The van der Waals surface area contributed by atoms with Crippen LogP contribution >= 0.6 is 0 Å². The number of hydrogen-bond acceptors (Lipinski definition) is 8. The maximum atomic E-state index is 5.38. The van der Waals surface area contributed by atoms with Crippen LogP contribution in [0.1, 0.15) is 19.8 Å². The quantitative estimate of drug-likeness (QED) is 0.738. The summed E-state index contributed by atoms with van der Waals surface area (Å²) in [6.07, 6.45) is 4.20. The summed E-state index contributed by atoms with van der Waals surface area (Å²) in [6, 6.07) is 8.48. The smallest absolute Gasteiger partial charge is 0.249 e. The van der Waals surface area contributed by atoms with E-state index in [4.69, 9.17) is 4.74 Å². The Morgan fingerprint density at radius 3 is 2.59 bits per heavy atom. The van der Waals surface area contributed by atoms with Gasteiger partial charge in [0.2, 0.25) is 5.95 Å². The van der Waals surface area contributed by atoms with E-state index in [0.29, 0.717) is 5.95 Å². The van der Waals surface area contributed by atoms with Gasteiger partial charge < -0.3 is 20.3 Å². The van der Waals surface area contributed by atoms with Crippen LogP contribution in [0.15, 0.2) is 30.5 Å². The topological polar surface area (TPSA) is 78.4 Å². The summed E-state index contributed by atoms with van der Waals surface area (Å²) < 4.78 is 5.38. The second kappa shape index (κ2) is 9.84. The van der Waals surface area contributed by atoms with Crippen LogP contribution < -0.4 is 15.5 Å². The molecule has 2 N–H and O–H groups in total. The zero-order valence-electron chi connectivity index (χ0n) is 17.2. The summed E-state index contributed by atoms with van der Waals surface area (Å²) in [7, 11) is 0. The highest BCUT2D eigenvalue weighted by Crippen LogP contribution is 2.25. The first-order valence-corrected chi connectivity index (χ1v) is 10.6. The third-order valence-electron chi connectivity index (χ3n) is 5.67. The van der Waals surface area contributed by atoms with Gasteiger partial charge in [-0.3, -0.25) is 4.90 Å². The van der Waals surface area contributed by atoms with Crippen molar-refractivity contribution in [2.24, 2.45) is 5.92 Å². The zero-order chi connectivity index (χ0) is 19.9. The van der Waals surface area contributed by atoms with E-state index in [9.17, 15) is 0 Å². The summed E-state index contributed by atoms with van der Waals surface area (Å²) in [5.74, 6) is 2.07. The number of hydrogen-bond donors (Lipinski definition) is 2. The lowest BCUT2D eigenvalue weighted by molar-refractivity contribution is 0.0398. The maximum Gasteiger partial charge on any atom is 0.249 e. The Hall–Kier alpha value is -2.45. The molecule has 2 aliphatic rings. The standard InChI is InChI=1S/C21H31N7O/c1-17-6-9-28(10-7-17)19-4-2-18(3-5-19)24-21-25-20(16-23-26-21)22-8-11-27-12-14-29-15-13-27/h2-5,16-17H,6-15H2,1H3,(H2,22,24,25,26). The third kappa shape index (κ3) is 5.77. The van der Waals surface area contributed by atoms with Gasteiger partial charge in [-0.25, -0.2) is 0 Å². The molecule has 0 saturated carbocycles. The maximum absolute atomic E-state index is 5.38. The number of anilines is 4. The molecule has 29 heavy (non-hydrogen) atoms. The number of morpholine rings is 1. The molecule has 3 heterocycles. The van der Waals surface area contributed by atoms with Gasteiger partial charge in [-0.05, 0) is 43.0 Å². The molecule has 0 atom stereocenters. The third-order valence-corrected chi connectivity index (χ3v) is 5.67. The normalized spacial score (nSPS) is 18.6. The first-order chi connectivity index (χ1) is 14.3. The first-order valence-electron chi connectivity index (χ1n) is 10.6. The lowest BCUT2D eigenvalue weighted by Gasteiger charge is -2.32. The van der Waals surface area contributed by atoms with Crippen LogP contribution in [0.4, 0.5) is 23.1 Å². The molecule has 2 aromatic rings. The highest BCUT2D eigenvalue weighted by molar-refractivity contribution is 5.59. The monoisotopic (exact) mass is 397 g/mol. The van der Waals surface area contributed by atoms with Gasteiger partial charge in [0, 0.05) is 50.6 Å². The van der Waals surface area contributed by atoms with Crippen LogP contribution in [-0.2, 0) is 4.74 Å². The number of ether oxygens (including phenoxy) is 1. The van der Waals surface area contributed by atoms with Gasteiger partial charge >= 0.3 is 0 Å². The molecule has 8 nitrogen and oxygen atoms in total. The molecule has 1 aromatic carbocycles. The summed E-state index contributed by atoms with van der Waals surface area (Å²) >= 11 is 0. The molecule has 2 aliphatic heterocycles. The zero-order valence-corrected chi connectivity index (χ0v) is 17.2. The molecule has 2 fully saturated rings. The Balaban J connectivity index is 1.28. The number of aromatic nitrogens is 3. The van der Waals surface area contributed by atoms with E-state index in [0.717, 1.165) is 69.9 Å². The number of nitrogens with one attached hydrogen (secondary N) is 2. The number of piperidine rings is 1. The van der Waals surface area contributed by atoms with E-state index >= 15 is 0 Å². The average molecular weight is 398 g/mol. The molecule has 2 saturated heterocycles. The minimum Gasteiger partial charge on any atom is -0.379 e. The summed E-state index contributed by atoms with van der Waals surface area (Å²) in [5.41, 5.74) is 2.24. The van der Waals surface area contributed by atoms with Gasteiger partial charge in [0.1, 0.15) is 0 Å². The van der Waals surface area contributed by atoms with E-state index in [1.54, 1.807) is 6.20 Å². The van der Waals surface area contributed by atoms with Crippen molar-refractivity contribution in [3.05, 3.63) is 30.5 Å². The summed E-state index contributed by atoms with van der Waals surface area (Å²) in [4.78, 5) is 9.36. The number of benzene rings is 1. The van der Waals surface area contributed by atoms with Crippen molar-refractivity contribution in [2.45, 2.75) is 19.8 Å². The van der Waals surface area contributed by atoms with Crippen molar-refractivity contribution in [1.82, 2.24) is 20.1 Å². The Morgan fingerprint density at radius 1 is 1.07 bits per heavy atom. The van der Waals surface area contributed by atoms with Crippen molar-refractivity contribution in [3.63, 3.8) is 0 Å². The van der Waals surface area contributed by atoms with Crippen molar-refractivity contribution in [3.8, 4) is 0 Å². The van der Waals surface area contributed by atoms with Gasteiger partial charge in [-0.15, -0.1) is 5.10 Å². The van der Waals surface area contributed by atoms with Crippen molar-refractivity contribution in [1.29, 1.82) is 0 Å². The predicted octanol–water partition coefficient (Wildman–Crippen LogP) is 2.60. The van der Waals surface area contributed by atoms with Gasteiger partial charge in [0.15, 0.2) is 5.82 Å². The lowest BCUT2D eigenvalue weighted by atomic mass is 9.99. The Bertz CT molecular complexity index is 756. The van der Waals surface area contributed by atoms with Crippen molar-refractivity contribution in [2.75, 3.05) is 68.0 Å².